The first-order valence-corrected chi connectivity index (χ1v) is 9.83. The van der Waals surface area contributed by atoms with E-state index in [1.165, 1.54) is 0 Å². The van der Waals surface area contributed by atoms with Gasteiger partial charge in [-0.15, -0.1) is 11.3 Å². The number of hydrogen-bond donors (Lipinski definition) is 3. The second kappa shape index (κ2) is 9.65. The number of carbonyl (C=O) groups is 2. The molecule has 3 amide bonds. The van der Waals surface area contributed by atoms with Crippen LogP contribution in [0.5, 0.6) is 0 Å². The van der Waals surface area contributed by atoms with Crippen LogP contribution in [0.3, 0.4) is 0 Å². The standard InChI is InChI=1S/C19H22N6O2S/c1-2-16(18(26)21-12-15-7-5-11-28-15)23-19(27)24-17-8-10-22-25(17)13-14-6-3-4-9-20-14/h3-11,16H,2,12-13H2,1H3,(H,21,26)(H2,23,24,27). The van der Waals surface area contributed by atoms with Crippen LogP contribution in [-0.4, -0.2) is 32.7 Å². The van der Waals surface area contributed by atoms with Crippen LogP contribution < -0.4 is 16.0 Å². The molecule has 0 fully saturated rings. The molecule has 0 saturated heterocycles. The molecule has 3 aromatic heterocycles. The number of pyridine rings is 1. The van der Waals surface area contributed by atoms with Gasteiger partial charge in [0.1, 0.15) is 11.9 Å². The van der Waals surface area contributed by atoms with Crippen LogP contribution in [0.2, 0.25) is 0 Å². The van der Waals surface area contributed by atoms with E-state index in [-0.39, 0.29) is 5.91 Å². The Labute approximate surface area is 167 Å². The topological polar surface area (TPSA) is 101 Å². The summed E-state index contributed by atoms with van der Waals surface area (Å²) in [5.74, 6) is 0.310. The van der Waals surface area contributed by atoms with Gasteiger partial charge >= 0.3 is 6.03 Å². The van der Waals surface area contributed by atoms with Gasteiger partial charge in [0, 0.05) is 17.1 Å². The van der Waals surface area contributed by atoms with Gasteiger partial charge in [0.2, 0.25) is 5.91 Å². The van der Waals surface area contributed by atoms with Crippen LogP contribution in [0.4, 0.5) is 10.6 Å². The average Bonchev–Trinajstić information content (AvgIpc) is 3.37. The van der Waals surface area contributed by atoms with Crippen LogP contribution >= 0.6 is 11.3 Å². The van der Waals surface area contributed by atoms with Crippen molar-refractivity contribution in [3.05, 3.63) is 64.7 Å². The van der Waals surface area contributed by atoms with Crippen molar-refractivity contribution in [2.45, 2.75) is 32.5 Å². The number of aromatic nitrogens is 3. The second-order valence-electron chi connectivity index (χ2n) is 6.05. The van der Waals surface area contributed by atoms with Crippen LogP contribution in [-0.2, 0) is 17.9 Å². The molecular weight excluding hydrogens is 376 g/mol. The Kier molecular flexibility index (Phi) is 6.74. The second-order valence-corrected chi connectivity index (χ2v) is 7.08. The van der Waals surface area contributed by atoms with Crippen molar-refractivity contribution in [1.82, 2.24) is 25.4 Å². The molecule has 3 N–H and O–H groups in total. The molecule has 3 aromatic rings. The van der Waals surface area contributed by atoms with E-state index in [1.54, 1.807) is 34.5 Å². The first-order valence-electron chi connectivity index (χ1n) is 8.95. The molecule has 3 rings (SSSR count). The first kappa shape index (κ1) is 19.6. The molecule has 0 saturated carbocycles. The van der Waals surface area contributed by atoms with Gasteiger partial charge in [0.15, 0.2) is 0 Å². The molecule has 8 nitrogen and oxygen atoms in total. The summed E-state index contributed by atoms with van der Waals surface area (Å²) < 4.78 is 1.64. The summed E-state index contributed by atoms with van der Waals surface area (Å²) in [7, 11) is 0. The Bertz CT molecular complexity index is 894. The lowest BCUT2D eigenvalue weighted by Gasteiger charge is -2.17. The smallest absolute Gasteiger partial charge is 0.321 e. The Morgan fingerprint density at radius 2 is 2.07 bits per heavy atom. The molecule has 0 spiro atoms. The summed E-state index contributed by atoms with van der Waals surface area (Å²) in [6.45, 7) is 2.73. The molecule has 0 aliphatic carbocycles. The maximum Gasteiger partial charge on any atom is 0.321 e. The van der Waals surface area contributed by atoms with Crippen LogP contribution in [0, 0.1) is 0 Å². The van der Waals surface area contributed by atoms with E-state index in [2.05, 4.69) is 26.0 Å². The Balaban J connectivity index is 1.54. The van der Waals surface area contributed by atoms with Crippen molar-refractivity contribution < 1.29 is 9.59 Å². The third-order valence-corrected chi connectivity index (χ3v) is 4.92. The molecule has 0 aliphatic rings. The zero-order valence-corrected chi connectivity index (χ0v) is 16.3. The van der Waals surface area contributed by atoms with Gasteiger partial charge in [0.05, 0.1) is 25.0 Å². The van der Waals surface area contributed by atoms with Crippen molar-refractivity contribution in [1.29, 1.82) is 0 Å². The monoisotopic (exact) mass is 398 g/mol. The van der Waals surface area contributed by atoms with E-state index >= 15 is 0 Å². The lowest BCUT2D eigenvalue weighted by atomic mass is 10.2. The Morgan fingerprint density at radius 1 is 1.18 bits per heavy atom. The highest BCUT2D eigenvalue weighted by molar-refractivity contribution is 7.09. The van der Waals surface area contributed by atoms with Gasteiger partial charge in [0.25, 0.3) is 0 Å². The summed E-state index contributed by atoms with van der Waals surface area (Å²) in [5, 5.41) is 14.5. The number of carbonyl (C=O) groups excluding carboxylic acids is 2. The van der Waals surface area contributed by atoms with Gasteiger partial charge in [-0.1, -0.05) is 19.1 Å². The predicted molar refractivity (Wildman–Crippen MR) is 108 cm³/mol. The fourth-order valence-corrected chi connectivity index (χ4v) is 3.23. The number of nitrogens with one attached hydrogen (secondary N) is 3. The Morgan fingerprint density at radius 3 is 2.79 bits per heavy atom. The number of hydrogen-bond acceptors (Lipinski definition) is 5. The largest absolute Gasteiger partial charge is 0.349 e. The number of amides is 3. The number of rotatable bonds is 8. The van der Waals surface area contributed by atoms with Crippen LogP contribution in [0.15, 0.2) is 54.2 Å². The van der Waals surface area contributed by atoms with E-state index in [0.29, 0.717) is 25.3 Å². The zero-order valence-electron chi connectivity index (χ0n) is 15.5. The number of urea groups is 1. The van der Waals surface area contributed by atoms with Crippen LogP contribution in [0.1, 0.15) is 23.9 Å². The maximum absolute atomic E-state index is 12.4. The lowest BCUT2D eigenvalue weighted by Crippen LogP contribution is -2.47. The minimum atomic E-state index is -0.618. The van der Waals surface area contributed by atoms with Crippen molar-refractivity contribution in [2.24, 2.45) is 0 Å². The van der Waals surface area contributed by atoms with Gasteiger partial charge in [-0.2, -0.15) is 5.10 Å². The normalized spacial score (nSPS) is 11.6. The predicted octanol–water partition coefficient (Wildman–Crippen LogP) is 2.60. The van der Waals surface area contributed by atoms with Gasteiger partial charge in [-0.25, -0.2) is 9.48 Å². The molecule has 0 radical (unpaired) electrons. The minimum absolute atomic E-state index is 0.215. The molecule has 0 aliphatic heterocycles. The van der Waals surface area contributed by atoms with E-state index in [9.17, 15) is 9.59 Å². The quantitative estimate of drug-likeness (QED) is 0.543. The molecule has 1 atom stereocenters. The van der Waals surface area contributed by atoms with Crippen molar-refractivity contribution >= 4 is 29.1 Å². The molecule has 0 aromatic carbocycles. The van der Waals surface area contributed by atoms with Crippen LogP contribution in [0.25, 0.3) is 0 Å². The molecule has 9 heteroatoms. The summed E-state index contributed by atoms with van der Waals surface area (Å²) in [5.41, 5.74) is 0.828. The zero-order chi connectivity index (χ0) is 19.8. The third kappa shape index (κ3) is 5.40. The van der Waals surface area contributed by atoms with Gasteiger partial charge in [-0.05, 0) is 30.0 Å². The van der Waals surface area contributed by atoms with E-state index in [1.807, 2.05) is 42.6 Å². The Hall–Kier alpha value is -3.20. The fourth-order valence-electron chi connectivity index (χ4n) is 2.58. The molecule has 3 heterocycles. The third-order valence-electron chi connectivity index (χ3n) is 4.04. The van der Waals surface area contributed by atoms with Gasteiger partial charge in [-0.3, -0.25) is 15.1 Å². The maximum atomic E-state index is 12.4. The highest BCUT2D eigenvalue weighted by Gasteiger charge is 2.19. The number of nitrogens with zero attached hydrogens (tertiary/aromatic N) is 3. The summed E-state index contributed by atoms with van der Waals surface area (Å²) in [6.07, 6.45) is 3.79. The average molecular weight is 398 g/mol. The molecule has 28 heavy (non-hydrogen) atoms. The van der Waals surface area contributed by atoms with E-state index < -0.39 is 12.1 Å². The van der Waals surface area contributed by atoms with Crippen molar-refractivity contribution in [3.63, 3.8) is 0 Å². The molecule has 1 unspecified atom stereocenters. The molecular formula is C19H22N6O2S. The summed E-state index contributed by atoms with van der Waals surface area (Å²) in [4.78, 5) is 30.0. The molecule has 0 bridgehead atoms. The van der Waals surface area contributed by atoms with E-state index in [4.69, 9.17) is 0 Å². The molecule has 146 valence electrons. The summed E-state index contributed by atoms with van der Waals surface area (Å²) in [6, 6.07) is 10.1. The first-order chi connectivity index (χ1) is 13.7. The van der Waals surface area contributed by atoms with Crippen molar-refractivity contribution in [2.75, 3.05) is 5.32 Å². The van der Waals surface area contributed by atoms with E-state index in [0.717, 1.165) is 10.6 Å². The lowest BCUT2D eigenvalue weighted by molar-refractivity contribution is -0.123. The van der Waals surface area contributed by atoms with Gasteiger partial charge < -0.3 is 10.6 Å². The number of thiophene rings is 1. The number of anilines is 1. The highest BCUT2D eigenvalue weighted by Crippen LogP contribution is 2.10. The minimum Gasteiger partial charge on any atom is -0.349 e. The summed E-state index contributed by atoms with van der Waals surface area (Å²) >= 11 is 1.57. The SMILES string of the molecule is CCC(NC(=O)Nc1ccnn1Cc1ccccn1)C(=O)NCc1cccs1. The highest BCUT2D eigenvalue weighted by atomic mass is 32.1. The van der Waals surface area contributed by atoms with Crippen molar-refractivity contribution in [3.8, 4) is 0 Å². The fraction of sp³-hybridized carbons (Fsp3) is 0.263.